The van der Waals surface area contributed by atoms with Crippen LogP contribution in [0.1, 0.15) is 57.9 Å². The van der Waals surface area contributed by atoms with Crippen molar-refractivity contribution in [2.75, 3.05) is 31.1 Å². The molecule has 238 valence electrons. The number of phenolic OH excluding ortho intramolecular Hbond substituents is 1. The van der Waals surface area contributed by atoms with Crippen molar-refractivity contribution in [2.45, 2.75) is 76.0 Å². The molecule has 5 atom stereocenters. The molecule has 4 fully saturated rings. The summed E-state index contributed by atoms with van der Waals surface area (Å²) in [7, 11) is 0. The molecule has 2 aromatic heterocycles. The molecule has 4 aromatic rings. The summed E-state index contributed by atoms with van der Waals surface area (Å²) in [5, 5.41) is 15.5. The Morgan fingerprint density at radius 1 is 1.17 bits per heavy atom. The van der Waals surface area contributed by atoms with Crippen molar-refractivity contribution in [2.24, 2.45) is 5.92 Å². The van der Waals surface area contributed by atoms with Gasteiger partial charge in [0.1, 0.15) is 35.2 Å². The predicted octanol–water partition coefficient (Wildman–Crippen LogP) is 5.78. The van der Waals surface area contributed by atoms with Gasteiger partial charge in [-0.25, -0.2) is 8.78 Å². The van der Waals surface area contributed by atoms with Gasteiger partial charge >= 0.3 is 6.01 Å². The van der Waals surface area contributed by atoms with Crippen LogP contribution in [0.5, 0.6) is 11.8 Å². The third kappa shape index (κ3) is 4.58. The fourth-order valence-corrected chi connectivity index (χ4v) is 8.86. The summed E-state index contributed by atoms with van der Waals surface area (Å²) in [5.74, 6) is 2.18. The molecule has 2 N–H and O–H groups in total. The highest BCUT2D eigenvalue weighted by molar-refractivity contribution is 6.03. The number of hydrogen-bond donors (Lipinski definition) is 2. The first kappa shape index (κ1) is 29.3. The minimum Gasteiger partial charge on any atom is -0.508 e. The van der Waals surface area contributed by atoms with Crippen LogP contribution in [0.25, 0.3) is 32.9 Å². The number of aromatic hydroxyl groups is 1. The van der Waals surface area contributed by atoms with Gasteiger partial charge in [-0.3, -0.25) is 9.88 Å². The molecule has 2 aromatic carbocycles. The molecule has 8 rings (SSSR count). The summed E-state index contributed by atoms with van der Waals surface area (Å²) < 4.78 is 38.2. The average Bonchev–Trinajstić information content (AvgIpc) is 3.71. The fraction of sp³-hybridized carbons (Fsp3) is 0.472. The number of terminal acetylenes is 1. The summed E-state index contributed by atoms with van der Waals surface area (Å²) in [6, 6.07) is 6.88. The van der Waals surface area contributed by atoms with E-state index in [4.69, 9.17) is 16.1 Å². The number of pyridine rings is 1. The lowest BCUT2D eigenvalue weighted by atomic mass is 9.88. The SMILES string of the molecule is C#Cc1c(F)ccc2cc(O)cc(-c3ncc4c(N5CC6CCC(C5)N6)nc(OC[C@]56CCCN5[C@@H](C)[C@@H](CC)C6)nc4c3F)c12. The maximum atomic E-state index is 16.9. The van der Waals surface area contributed by atoms with Crippen LogP contribution in [-0.2, 0) is 0 Å². The van der Waals surface area contributed by atoms with E-state index in [9.17, 15) is 9.50 Å². The summed E-state index contributed by atoms with van der Waals surface area (Å²) in [6.07, 6.45) is 13.8. The maximum absolute atomic E-state index is 16.9. The molecule has 10 heteroatoms. The summed E-state index contributed by atoms with van der Waals surface area (Å²) >= 11 is 0. The Bertz CT molecular complexity index is 1900. The molecule has 2 bridgehead atoms. The Balaban J connectivity index is 1.26. The lowest BCUT2D eigenvalue weighted by Gasteiger charge is -2.35. The number of ether oxygens (including phenoxy) is 1. The number of nitrogens with zero attached hydrogens (tertiary/aromatic N) is 5. The molecule has 0 radical (unpaired) electrons. The Morgan fingerprint density at radius 2 is 1.98 bits per heavy atom. The van der Waals surface area contributed by atoms with Gasteiger partial charge in [-0.05, 0) is 75.1 Å². The zero-order valence-corrected chi connectivity index (χ0v) is 26.2. The van der Waals surface area contributed by atoms with E-state index in [0.29, 0.717) is 52.6 Å². The summed E-state index contributed by atoms with van der Waals surface area (Å²) in [5.41, 5.74) is 0.0791. The number of phenols is 1. The highest BCUT2D eigenvalue weighted by atomic mass is 19.1. The second kappa shape index (κ2) is 11.0. The maximum Gasteiger partial charge on any atom is 0.319 e. The highest BCUT2D eigenvalue weighted by Gasteiger charge is 2.52. The minimum absolute atomic E-state index is 0.0194. The lowest BCUT2D eigenvalue weighted by Crippen LogP contribution is -2.51. The largest absolute Gasteiger partial charge is 0.508 e. The molecule has 4 aliphatic rings. The average molecular weight is 625 g/mol. The number of rotatable bonds is 6. The van der Waals surface area contributed by atoms with Gasteiger partial charge in [-0.15, -0.1) is 6.42 Å². The van der Waals surface area contributed by atoms with Gasteiger partial charge in [0, 0.05) is 48.4 Å². The van der Waals surface area contributed by atoms with E-state index in [0.717, 1.165) is 58.2 Å². The van der Waals surface area contributed by atoms with E-state index < -0.39 is 11.6 Å². The number of piperazine rings is 1. The van der Waals surface area contributed by atoms with Crippen molar-refractivity contribution in [3.05, 3.63) is 47.7 Å². The van der Waals surface area contributed by atoms with Crippen molar-refractivity contribution in [3.63, 3.8) is 0 Å². The quantitative estimate of drug-likeness (QED) is 0.261. The van der Waals surface area contributed by atoms with Crippen LogP contribution in [0.3, 0.4) is 0 Å². The number of aromatic nitrogens is 3. The molecule has 2 unspecified atom stereocenters. The number of nitrogens with one attached hydrogen (secondary N) is 1. The minimum atomic E-state index is -0.704. The normalized spacial score (nSPS) is 27.4. The Hall–Kier alpha value is -4.07. The van der Waals surface area contributed by atoms with Gasteiger partial charge in [0.25, 0.3) is 0 Å². The van der Waals surface area contributed by atoms with Gasteiger partial charge in [-0.1, -0.05) is 25.3 Å². The van der Waals surface area contributed by atoms with E-state index in [-0.39, 0.29) is 39.6 Å². The number of fused-ring (bicyclic) bond motifs is 5. The molecular formula is C36H38F2N6O2. The van der Waals surface area contributed by atoms with Gasteiger partial charge in [-0.2, -0.15) is 9.97 Å². The fourth-order valence-electron chi connectivity index (χ4n) is 8.86. The van der Waals surface area contributed by atoms with E-state index in [1.54, 1.807) is 6.20 Å². The molecule has 0 aliphatic carbocycles. The van der Waals surface area contributed by atoms with Crippen molar-refractivity contribution >= 4 is 27.5 Å². The molecule has 46 heavy (non-hydrogen) atoms. The number of anilines is 1. The molecule has 6 heterocycles. The zero-order valence-electron chi connectivity index (χ0n) is 26.2. The van der Waals surface area contributed by atoms with Gasteiger partial charge in [0.15, 0.2) is 5.82 Å². The summed E-state index contributed by atoms with van der Waals surface area (Å²) in [4.78, 5) is 18.9. The third-order valence-electron chi connectivity index (χ3n) is 11.1. The van der Waals surface area contributed by atoms with E-state index in [1.165, 1.54) is 24.3 Å². The van der Waals surface area contributed by atoms with E-state index in [2.05, 4.69) is 44.9 Å². The van der Waals surface area contributed by atoms with Gasteiger partial charge in [0.2, 0.25) is 0 Å². The number of hydrogen-bond acceptors (Lipinski definition) is 8. The van der Waals surface area contributed by atoms with Crippen molar-refractivity contribution < 1.29 is 18.6 Å². The Morgan fingerprint density at radius 3 is 2.74 bits per heavy atom. The van der Waals surface area contributed by atoms with Gasteiger partial charge in [0.05, 0.1) is 16.5 Å². The lowest BCUT2D eigenvalue weighted by molar-refractivity contribution is 0.0883. The second-order valence-corrected chi connectivity index (χ2v) is 13.6. The van der Waals surface area contributed by atoms with Crippen LogP contribution >= 0.6 is 0 Å². The number of benzene rings is 2. The Kier molecular flexibility index (Phi) is 7.03. The van der Waals surface area contributed by atoms with E-state index in [1.807, 2.05) is 0 Å². The molecule has 0 amide bonds. The summed E-state index contributed by atoms with van der Waals surface area (Å²) in [6.45, 7) is 7.53. The van der Waals surface area contributed by atoms with Crippen LogP contribution in [0.2, 0.25) is 0 Å². The van der Waals surface area contributed by atoms with Crippen LogP contribution in [-0.4, -0.2) is 74.9 Å². The molecule has 0 spiro atoms. The first-order chi connectivity index (χ1) is 22.3. The van der Waals surface area contributed by atoms with Crippen LogP contribution < -0.4 is 15.0 Å². The van der Waals surface area contributed by atoms with Crippen molar-refractivity contribution in [1.29, 1.82) is 0 Å². The topological polar surface area (TPSA) is 86.6 Å². The van der Waals surface area contributed by atoms with Crippen molar-refractivity contribution in [3.8, 4) is 35.4 Å². The van der Waals surface area contributed by atoms with Crippen LogP contribution in [0, 0.1) is 29.9 Å². The second-order valence-electron chi connectivity index (χ2n) is 13.6. The predicted molar refractivity (Wildman–Crippen MR) is 174 cm³/mol. The molecular weight excluding hydrogens is 586 g/mol. The monoisotopic (exact) mass is 624 g/mol. The highest BCUT2D eigenvalue weighted by Crippen LogP contribution is 2.47. The molecule has 4 aliphatic heterocycles. The third-order valence-corrected chi connectivity index (χ3v) is 11.1. The molecule has 8 nitrogen and oxygen atoms in total. The van der Waals surface area contributed by atoms with Crippen molar-refractivity contribution in [1.82, 2.24) is 25.2 Å². The molecule has 0 saturated carbocycles. The smallest absolute Gasteiger partial charge is 0.319 e. The standard InChI is InChI=1S/C36H38F2N6O2/c1-4-21-15-36(11-6-12-44(36)20(21)3)19-46-35-41-33-28(34(42-35)43-17-23-8-9-24(18-43)40-23)16-39-32(31(33)38)27-14-25(45)13-22-7-10-29(37)26(5-2)30(22)27/h2,7,10,13-14,16,20-21,23-24,40,45H,4,6,8-9,11-12,15,17-19H2,1,3H3/t20-,21-,23?,24?,36+/m0/s1. The first-order valence-corrected chi connectivity index (χ1v) is 16.5. The first-order valence-electron chi connectivity index (χ1n) is 16.5. The zero-order chi connectivity index (χ0) is 31.7. The van der Waals surface area contributed by atoms with Crippen LogP contribution in [0.15, 0.2) is 30.5 Å². The van der Waals surface area contributed by atoms with Crippen LogP contribution in [0.4, 0.5) is 14.6 Å². The van der Waals surface area contributed by atoms with Gasteiger partial charge < -0.3 is 20.1 Å². The number of halogens is 2. The van der Waals surface area contributed by atoms with E-state index >= 15 is 4.39 Å². The molecule has 4 saturated heterocycles. The Labute approximate surface area is 267 Å².